The van der Waals surface area contributed by atoms with Crippen LogP contribution in [0.4, 0.5) is 10.5 Å². The van der Waals surface area contributed by atoms with E-state index in [1.165, 1.54) is 6.39 Å². The predicted octanol–water partition coefficient (Wildman–Crippen LogP) is 4.81. The minimum absolute atomic E-state index is 0.137. The van der Waals surface area contributed by atoms with Crippen LogP contribution in [0.3, 0.4) is 0 Å². The van der Waals surface area contributed by atoms with Gasteiger partial charge in [0.2, 0.25) is 0 Å². The number of amides is 1. The lowest BCUT2D eigenvalue weighted by atomic mass is 9.99. The molecule has 1 aliphatic rings. The van der Waals surface area contributed by atoms with Gasteiger partial charge in [0.15, 0.2) is 12.2 Å². The van der Waals surface area contributed by atoms with Gasteiger partial charge >= 0.3 is 6.09 Å². The Balaban J connectivity index is 1.72. The maximum Gasteiger partial charge on any atom is 0.410 e. The lowest BCUT2D eigenvalue weighted by Gasteiger charge is -2.43. The minimum Gasteiger partial charge on any atom is -0.444 e. The first-order chi connectivity index (χ1) is 13.2. The number of carbonyl (C=O) groups is 1. The Bertz CT molecular complexity index is 763. The Morgan fingerprint density at radius 3 is 2.54 bits per heavy atom. The number of anilines is 1. The molecule has 1 unspecified atom stereocenters. The normalized spacial score (nSPS) is 17.9. The summed E-state index contributed by atoms with van der Waals surface area (Å²) < 4.78 is 11.0. The summed E-state index contributed by atoms with van der Waals surface area (Å²) in [7, 11) is 0. The zero-order valence-electron chi connectivity index (χ0n) is 17.5. The van der Waals surface area contributed by atoms with Crippen LogP contribution in [0, 0.1) is 5.92 Å². The molecule has 1 aromatic heterocycles. The lowest BCUT2D eigenvalue weighted by molar-refractivity contribution is 0.0120. The number of rotatable bonds is 4. The molecule has 1 aromatic carbocycles. The van der Waals surface area contributed by atoms with Crippen LogP contribution < -0.4 is 4.90 Å². The zero-order chi connectivity index (χ0) is 20.3. The Labute approximate surface area is 167 Å². The van der Waals surface area contributed by atoms with Crippen molar-refractivity contribution >= 4 is 11.8 Å². The first-order valence-electron chi connectivity index (χ1n) is 9.96. The van der Waals surface area contributed by atoms with E-state index in [0.717, 1.165) is 36.5 Å². The molecular formula is C22H31N3O3. The van der Waals surface area contributed by atoms with Crippen LogP contribution in [0.25, 0.3) is 11.3 Å². The van der Waals surface area contributed by atoms with Crippen molar-refractivity contribution in [2.75, 3.05) is 24.5 Å². The molecule has 1 fully saturated rings. The molecule has 3 rings (SSSR count). The zero-order valence-corrected chi connectivity index (χ0v) is 17.5. The number of hydrogen-bond acceptors (Lipinski definition) is 5. The summed E-state index contributed by atoms with van der Waals surface area (Å²) in [6, 6.07) is 8.44. The van der Waals surface area contributed by atoms with Crippen molar-refractivity contribution in [2.24, 2.45) is 5.92 Å². The lowest BCUT2D eigenvalue weighted by Crippen LogP contribution is -2.56. The van der Waals surface area contributed by atoms with Crippen LogP contribution in [0.5, 0.6) is 0 Å². The molecule has 152 valence electrons. The number of oxazole rings is 1. The van der Waals surface area contributed by atoms with Gasteiger partial charge in [-0.3, -0.25) is 0 Å². The Morgan fingerprint density at radius 2 is 1.96 bits per heavy atom. The van der Waals surface area contributed by atoms with E-state index in [1.807, 2.05) is 37.8 Å². The van der Waals surface area contributed by atoms with Crippen molar-refractivity contribution < 1.29 is 13.9 Å². The molecule has 0 saturated carbocycles. The van der Waals surface area contributed by atoms with E-state index in [2.05, 4.69) is 35.9 Å². The van der Waals surface area contributed by atoms with Crippen LogP contribution in [0.1, 0.15) is 41.0 Å². The molecule has 6 heteroatoms. The summed E-state index contributed by atoms with van der Waals surface area (Å²) in [5, 5.41) is 0. The fourth-order valence-corrected chi connectivity index (χ4v) is 3.59. The third kappa shape index (κ3) is 5.06. The largest absolute Gasteiger partial charge is 0.444 e. The average Bonchev–Trinajstić information content (AvgIpc) is 3.14. The monoisotopic (exact) mass is 385 g/mol. The van der Waals surface area contributed by atoms with Crippen molar-refractivity contribution in [1.29, 1.82) is 0 Å². The van der Waals surface area contributed by atoms with Gasteiger partial charge < -0.3 is 19.0 Å². The molecule has 6 nitrogen and oxygen atoms in total. The van der Waals surface area contributed by atoms with Gasteiger partial charge in [-0.05, 0) is 57.4 Å². The first-order valence-corrected chi connectivity index (χ1v) is 9.96. The summed E-state index contributed by atoms with van der Waals surface area (Å²) in [6.07, 6.45) is 3.90. The van der Waals surface area contributed by atoms with Crippen molar-refractivity contribution in [3.8, 4) is 11.3 Å². The molecule has 0 radical (unpaired) electrons. The van der Waals surface area contributed by atoms with E-state index < -0.39 is 5.60 Å². The van der Waals surface area contributed by atoms with Crippen molar-refractivity contribution in [3.05, 3.63) is 36.9 Å². The Kier molecular flexibility index (Phi) is 5.96. The molecular weight excluding hydrogens is 354 g/mol. The molecule has 1 saturated heterocycles. The molecule has 28 heavy (non-hydrogen) atoms. The summed E-state index contributed by atoms with van der Waals surface area (Å²) in [5.74, 6) is 1.27. The van der Waals surface area contributed by atoms with E-state index >= 15 is 0 Å². The highest BCUT2D eigenvalue weighted by molar-refractivity contribution is 5.69. The van der Waals surface area contributed by atoms with E-state index in [-0.39, 0.29) is 12.1 Å². The smallest absolute Gasteiger partial charge is 0.410 e. The second kappa shape index (κ2) is 8.25. The SMILES string of the molecule is CC(C)CC1CN(c2ccc(-c3cnco3)cc2)CCN1C(=O)OC(C)(C)C. The standard InChI is InChI=1S/C22H31N3O3/c1-16(2)12-19-14-24(10-11-25(19)21(26)28-22(3,4)5)18-8-6-17(7-9-18)20-13-23-15-27-20/h6-9,13,15-16,19H,10-12,14H2,1-5H3. The number of ether oxygens (including phenoxy) is 1. The van der Waals surface area contributed by atoms with Crippen LogP contribution in [0.2, 0.25) is 0 Å². The maximum atomic E-state index is 12.7. The van der Waals surface area contributed by atoms with Gasteiger partial charge in [-0.25, -0.2) is 9.78 Å². The molecule has 0 aliphatic carbocycles. The van der Waals surface area contributed by atoms with Gasteiger partial charge in [-0.1, -0.05) is 13.8 Å². The topological polar surface area (TPSA) is 58.8 Å². The van der Waals surface area contributed by atoms with Gasteiger partial charge in [-0.15, -0.1) is 0 Å². The van der Waals surface area contributed by atoms with Crippen molar-refractivity contribution in [1.82, 2.24) is 9.88 Å². The fourth-order valence-electron chi connectivity index (χ4n) is 3.59. The third-order valence-corrected chi connectivity index (χ3v) is 4.80. The summed E-state index contributed by atoms with van der Waals surface area (Å²) >= 11 is 0. The quantitative estimate of drug-likeness (QED) is 0.756. The summed E-state index contributed by atoms with van der Waals surface area (Å²) in [5.41, 5.74) is 1.68. The highest BCUT2D eigenvalue weighted by atomic mass is 16.6. The highest BCUT2D eigenvalue weighted by Crippen LogP contribution is 2.27. The van der Waals surface area contributed by atoms with E-state index in [9.17, 15) is 4.79 Å². The Hall–Kier alpha value is -2.50. The van der Waals surface area contributed by atoms with Gasteiger partial charge in [0.05, 0.1) is 12.2 Å². The maximum absolute atomic E-state index is 12.7. The molecule has 1 atom stereocenters. The summed E-state index contributed by atoms with van der Waals surface area (Å²) in [4.78, 5) is 20.9. The number of benzene rings is 1. The molecule has 1 amide bonds. The van der Waals surface area contributed by atoms with Gasteiger partial charge in [0, 0.05) is 30.9 Å². The second-order valence-electron chi connectivity index (χ2n) is 8.82. The van der Waals surface area contributed by atoms with Gasteiger partial charge in [0.25, 0.3) is 0 Å². The summed E-state index contributed by atoms with van der Waals surface area (Å²) in [6.45, 7) is 12.4. The van der Waals surface area contributed by atoms with Crippen molar-refractivity contribution in [3.63, 3.8) is 0 Å². The fraction of sp³-hybridized carbons (Fsp3) is 0.545. The van der Waals surface area contributed by atoms with Crippen LogP contribution >= 0.6 is 0 Å². The average molecular weight is 386 g/mol. The number of piperazine rings is 1. The molecule has 2 aromatic rings. The molecule has 2 heterocycles. The van der Waals surface area contributed by atoms with Crippen LogP contribution in [-0.4, -0.2) is 47.3 Å². The van der Waals surface area contributed by atoms with Gasteiger partial charge in [0.1, 0.15) is 5.60 Å². The van der Waals surface area contributed by atoms with E-state index in [4.69, 9.17) is 9.15 Å². The predicted molar refractivity (Wildman–Crippen MR) is 110 cm³/mol. The molecule has 1 aliphatic heterocycles. The first kappa shape index (κ1) is 20.2. The van der Waals surface area contributed by atoms with E-state index in [1.54, 1.807) is 6.20 Å². The molecule has 0 spiro atoms. The molecule has 0 N–H and O–H groups in total. The van der Waals surface area contributed by atoms with E-state index in [0.29, 0.717) is 12.5 Å². The van der Waals surface area contributed by atoms with Crippen molar-refractivity contribution in [2.45, 2.75) is 52.7 Å². The number of nitrogens with zero attached hydrogens (tertiary/aromatic N) is 3. The second-order valence-corrected chi connectivity index (χ2v) is 8.82. The minimum atomic E-state index is -0.479. The van der Waals surface area contributed by atoms with Gasteiger partial charge in [-0.2, -0.15) is 0 Å². The van der Waals surface area contributed by atoms with Crippen LogP contribution in [0.15, 0.2) is 41.3 Å². The highest BCUT2D eigenvalue weighted by Gasteiger charge is 2.33. The number of aromatic nitrogens is 1. The Morgan fingerprint density at radius 1 is 1.25 bits per heavy atom. The van der Waals surface area contributed by atoms with Crippen LogP contribution in [-0.2, 0) is 4.74 Å². The third-order valence-electron chi connectivity index (χ3n) is 4.80. The number of carbonyl (C=O) groups excluding carboxylic acids is 1. The molecule has 0 bridgehead atoms. The number of hydrogen-bond donors (Lipinski definition) is 0.